The van der Waals surface area contributed by atoms with Crippen molar-refractivity contribution in [1.29, 1.82) is 0 Å². The fraction of sp³-hybridized carbons (Fsp3) is 0.533. The van der Waals surface area contributed by atoms with Crippen molar-refractivity contribution in [2.45, 2.75) is 37.1 Å². The number of benzene rings is 1. The van der Waals surface area contributed by atoms with Crippen LogP contribution in [0.5, 0.6) is 0 Å². The van der Waals surface area contributed by atoms with Gasteiger partial charge in [-0.3, -0.25) is 4.79 Å². The van der Waals surface area contributed by atoms with Crippen LogP contribution < -0.4 is 5.32 Å². The summed E-state index contributed by atoms with van der Waals surface area (Å²) in [6.07, 6.45) is 3.00. The summed E-state index contributed by atoms with van der Waals surface area (Å²) in [5.74, 6) is -0.837. The van der Waals surface area contributed by atoms with Crippen LogP contribution in [-0.2, 0) is 0 Å². The molecule has 3 nitrogen and oxygen atoms in total. The Morgan fingerprint density at radius 1 is 1.45 bits per heavy atom. The third-order valence-electron chi connectivity index (χ3n) is 3.66. The maximum absolute atomic E-state index is 13.6. The van der Waals surface area contributed by atoms with E-state index in [1.54, 1.807) is 6.07 Å². The third kappa shape index (κ3) is 3.96. The van der Waals surface area contributed by atoms with Gasteiger partial charge in [-0.25, -0.2) is 4.39 Å². The molecular weight excluding hydrogens is 275 g/mol. The van der Waals surface area contributed by atoms with Crippen molar-refractivity contribution in [1.82, 2.24) is 10.2 Å². The van der Waals surface area contributed by atoms with Crippen LogP contribution in [0.4, 0.5) is 4.39 Å². The molecule has 1 N–H and O–H groups in total. The number of nitrogens with zero attached hydrogens (tertiary/aromatic N) is 1. The van der Waals surface area contributed by atoms with Crippen LogP contribution in [0, 0.1) is 5.82 Å². The van der Waals surface area contributed by atoms with E-state index in [1.165, 1.54) is 12.1 Å². The van der Waals surface area contributed by atoms with E-state index in [0.717, 1.165) is 38.9 Å². The first-order valence-corrected chi connectivity index (χ1v) is 7.56. The molecule has 0 aliphatic carbocycles. The van der Waals surface area contributed by atoms with Gasteiger partial charge in [0.15, 0.2) is 0 Å². The molecule has 1 heterocycles. The Bertz CT molecular complexity index is 473. The van der Waals surface area contributed by atoms with Crippen molar-refractivity contribution in [3.8, 4) is 0 Å². The Morgan fingerprint density at radius 3 is 2.80 bits per heavy atom. The van der Waals surface area contributed by atoms with Crippen molar-refractivity contribution in [2.24, 2.45) is 0 Å². The summed E-state index contributed by atoms with van der Waals surface area (Å²) >= 11 is 4.14. The monoisotopic (exact) mass is 296 g/mol. The van der Waals surface area contributed by atoms with Gasteiger partial charge in [0.25, 0.3) is 5.91 Å². The average molecular weight is 296 g/mol. The van der Waals surface area contributed by atoms with E-state index in [2.05, 4.69) is 29.8 Å². The number of amides is 1. The van der Waals surface area contributed by atoms with Crippen molar-refractivity contribution < 1.29 is 9.18 Å². The number of halogens is 1. The number of hydrogen-bond donors (Lipinski definition) is 2. The SMILES string of the molecule is CCCN1CCC(NC(=O)c2cc(S)ccc2F)CC1. The number of hydrogen-bond acceptors (Lipinski definition) is 3. The maximum Gasteiger partial charge on any atom is 0.254 e. The molecule has 20 heavy (non-hydrogen) atoms. The molecule has 1 aromatic carbocycles. The molecule has 1 aliphatic heterocycles. The molecule has 0 bridgehead atoms. The highest BCUT2D eigenvalue weighted by Gasteiger charge is 2.21. The topological polar surface area (TPSA) is 32.3 Å². The van der Waals surface area contributed by atoms with Gasteiger partial charge in [-0.2, -0.15) is 0 Å². The minimum absolute atomic E-state index is 0.0773. The predicted octanol–water partition coefficient (Wildman–Crippen LogP) is 2.72. The lowest BCUT2D eigenvalue weighted by Gasteiger charge is -2.32. The van der Waals surface area contributed by atoms with Crippen molar-refractivity contribution >= 4 is 18.5 Å². The van der Waals surface area contributed by atoms with E-state index in [9.17, 15) is 9.18 Å². The first kappa shape index (κ1) is 15.3. The molecule has 2 rings (SSSR count). The van der Waals surface area contributed by atoms with E-state index in [4.69, 9.17) is 0 Å². The molecule has 0 radical (unpaired) electrons. The lowest BCUT2D eigenvalue weighted by Crippen LogP contribution is -2.44. The molecule has 1 aliphatic rings. The van der Waals surface area contributed by atoms with Crippen molar-refractivity contribution in [3.63, 3.8) is 0 Å². The Balaban J connectivity index is 1.91. The van der Waals surface area contributed by atoms with Crippen LogP contribution in [-0.4, -0.2) is 36.5 Å². The molecule has 1 fully saturated rings. The van der Waals surface area contributed by atoms with Crippen molar-refractivity contribution in [3.05, 3.63) is 29.6 Å². The second-order valence-electron chi connectivity index (χ2n) is 5.25. The molecule has 1 saturated heterocycles. The number of thiol groups is 1. The standard InChI is InChI=1S/C15H21FN2OS/c1-2-7-18-8-5-11(6-9-18)17-15(19)13-10-12(20)3-4-14(13)16/h3-4,10-11,20H,2,5-9H2,1H3,(H,17,19). The van der Waals surface area contributed by atoms with Gasteiger partial charge in [0.05, 0.1) is 5.56 Å². The van der Waals surface area contributed by atoms with Gasteiger partial charge in [0.2, 0.25) is 0 Å². The van der Waals surface area contributed by atoms with Gasteiger partial charge in [-0.1, -0.05) is 6.92 Å². The van der Waals surface area contributed by atoms with Gasteiger partial charge in [0, 0.05) is 24.0 Å². The van der Waals surface area contributed by atoms with E-state index < -0.39 is 5.82 Å². The average Bonchev–Trinajstić information content (AvgIpc) is 2.44. The molecule has 1 aromatic rings. The number of rotatable bonds is 4. The Hall–Kier alpha value is -1.07. The zero-order valence-electron chi connectivity index (χ0n) is 11.7. The smallest absolute Gasteiger partial charge is 0.254 e. The summed E-state index contributed by atoms with van der Waals surface area (Å²) in [7, 11) is 0. The number of piperidine rings is 1. The highest BCUT2D eigenvalue weighted by Crippen LogP contribution is 2.15. The highest BCUT2D eigenvalue weighted by molar-refractivity contribution is 7.80. The lowest BCUT2D eigenvalue weighted by molar-refractivity contribution is 0.0907. The van der Waals surface area contributed by atoms with Crippen LogP contribution in [0.1, 0.15) is 36.5 Å². The largest absolute Gasteiger partial charge is 0.349 e. The second-order valence-corrected chi connectivity index (χ2v) is 5.77. The second kappa shape index (κ2) is 7.09. The number of carbonyl (C=O) groups excluding carboxylic acids is 1. The van der Waals surface area contributed by atoms with Gasteiger partial charge in [0.1, 0.15) is 5.82 Å². The normalized spacial score (nSPS) is 17.1. The number of carbonyl (C=O) groups is 1. The van der Waals surface area contributed by atoms with Gasteiger partial charge < -0.3 is 10.2 Å². The van der Waals surface area contributed by atoms with Crippen LogP contribution in [0.15, 0.2) is 23.1 Å². The Labute approximate surface area is 125 Å². The summed E-state index contributed by atoms with van der Waals surface area (Å²) in [5, 5.41) is 2.93. The number of nitrogens with one attached hydrogen (secondary N) is 1. The molecule has 5 heteroatoms. The lowest BCUT2D eigenvalue weighted by atomic mass is 10.0. The fourth-order valence-electron chi connectivity index (χ4n) is 2.57. The number of likely N-dealkylation sites (tertiary alicyclic amines) is 1. The van der Waals surface area contributed by atoms with E-state index in [0.29, 0.717) is 4.90 Å². The van der Waals surface area contributed by atoms with Gasteiger partial charge >= 0.3 is 0 Å². The molecule has 0 unspecified atom stereocenters. The highest BCUT2D eigenvalue weighted by atomic mass is 32.1. The summed E-state index contributed by atoms with van der Waals surface area (Å²) in [6.45, 7) is 5.26. The summed E-state index contributed by atoms with van der Waals surface area (Å²) < 4.78 is 13.6. The zero-order valence-corrected chi connectivity index (χ0v) is 12.6. The summed E-state index contributed by atoms with van der Waals surface area (Å²) in [5.41, 5.74) is 0.0773. The molecule has 0 saturated carbocycles. The minimum atomic E-state index is -0.497. The van der Waals surface area contributed by atoms with Gasteiger partial charge in [-0.15, -0.1) is 12.6 Å². The van der Waals surface area contributed by atoms with Crippen LogP contribution in [0.3, 0.4) is 0 Å². The minimum Gasteiger partial charge on any atom is -0.349 e. The Morgan fingerprint density at radius 2 is 2.15 bits per heavy atom. The Kier molecular flexibility index (Phi) is 5.43. The van der Waals surface area contributed by atoms with Crippen LogP contribution >= 0.6 is 12.6 Å². The first-order chi connectivity index (χ1) is 9.60. The van der Waals surface area contributed by atoms with Crippen molar-refractivity contribution in [2.75, 3.05) is 19.6 Å². The molecule has 1 amide bonds. The maximum atomic E-state index is 13.6. The predicted molar refractivity (Wildman–Crippen MR) is 80.9 cm³/mol. The van der Waals surface area contributed by atoms with E-state index in [1.807, 2.05) is 0 Å². The molecule has 0 spiro atoms. The van der Waals surface area contributed by atoms with Crippen LogP contribution in [0.25, 0.3) is 0 Å². The molecule has 110 valence electrons. The van der Waals surface area contributed by atoms with Crippen LogP contribution in [0.2, 0.25) is 0 Å². The third-order valence-corrected chi connectivity index (χ3v) is 3.94. The molecule has 0 atom stereocenters. The fourth-order valence-corrected chi connectivity index (χ4v) is 2.77. The quantitative estimate of drug-likeness (QED) is 0.837. The van der Waals surface area contributed by atoms with E-state index in [-0.39, 0.29) is 17.5 Å². The first-order valence-electron chi connectivity index (χ1n) is 7.12. The molecular formula is C15H21FN2OS. The zero-order chi connectivity index (χ0) is 14.5. The van der Waals surface area contributed by atoms with E-state index >= 15 is 0 Å². The summed E-state index contributed by atoms with van der Waals surface area (Å²) in [4.78, 5) is 15.1. The summed E-state index contributed by atoms with van der Waals surface area (Å²) in [6, 6.07) is 4.43. The van der Waals surface area contributed by atoms with Gasteiger partial charge in [-0.05, 0) is 44.0 Å². The molecule has 0 aromatic heterocycles.